The molecule has 0 atom stereocenters. The monoisotopic (exact) mass is 236 g/mol. The van der Waals surface area contributed by atoms with Crippen LogP contribution in [0.4, 0.5) is 5.69 Å². The zero-order valence-electron chi connectivity index (χ0n) is 9.02. The van der Waals surface area contributed by atoms with Gasteiger partial charge in [-0.15, -0.1) is 0 Å². The number of aromatic nitrogens is 3. The van der Waals surface area contributed by atoms with E-state index in [4.69, 9.17) is 11.6 Å². The number of pyridine rings is 1. The summed E-state index contributed by atoms with van der Waals surface area (Å²) in [7, 11) is 0. The molecule has 0 fully saturated rings. The van der Waals surface area contributed by atoms with Gasteiger partial charge in [0.2, 0.25) is 0 Å². The van der Waals surface area contributed by atoms with Crippen molar-refractivity contribution in [3.8, 4) is 0 Å². The molecule has 0 saturated carbocycles. The number of hydrogen-bond acceptors (Lipinski definition) is 3. The number of hydrogen-bond donors (Lipinski definition) is 1. The maximum absolute atomic E-state index is 5.78. The molecule has 0 amide bonds. The molecule has 2 aromatic rings. The van der Waals surface area contributed by atoms with Crippen LogP contribution in [0.5, 0.6) is 0 Å². The molecule has 2 aromatic heterocycles. The van der Waals surface area contributed by atoms with Crippen LogP contribution in [0.1, 0.15) is 5.56 Å². The minimum absolute atomic E-state index is 0.500. The third kappa shape index (κ3) is 2.97. The van der Waals surface area contributed by atoms with E-state index < -0.39 is 0 Å². The van der Waals surface area contributed by atoms with Crippen molar-refractivity contribution in [2.45, 2.75) is 13.5 Å². The molecule has 0 aliphatic rings. The van der Waals surface area contributed by atoms with Crippen molar-refractivity contribution >= 4 is 17.3 Å². The highest BCUT2D eigenvalue weighted by Gasteiger charge is 1.96. The largest absolute Gasteiger partial charge is 0.383 e. The summed E-state index contributed by atoms with van der Waals surface area (Å²) in [4.78, 5) is 3.92. The fraction of sp³-hybridized carbons (Fsp3) is 0.273. The molecule has 0 aliphatic heterocycles. The molecule has 0 saturated heterocycles. The van der Waals surface area contributed by atoms with Gasteiger partial charge in [-0.25, -0.2) is 4.98 Å². The van der Waals surface area contributed by atoms with Crippen molar-refractivity contribution in [2.24, 2.45) is 0 Å². The summed E-state index contributed by atoms with van der Waals surface area (Å²) in [5.41, 5.74) is 2.15. The average molecular weight is 237 g/mol. The summed E-state index contributed by atoms with van der Waals surface area (Å²) in [5.74, 6) is 0. The minimum atomic E-state index is 0.500. The topological polar surface area (TPSA) is 42.7 Å². The summed E-state index contributed by atoms with van der Waals surface area (Å²) in [6.45, 7) is 3.66. The zero-order valence-corrected chi connectivity index (χ0v) is 9.78. The number of nitrogens with zero attached hydrogens (tertiary/aromatic N) is 3. The van der Waals surface area contributed by atoms with Crippen molar-refractivity contribution in [3.63, 3.8) is 0 Å². The van der Waals surface area contributed by atoms with Gasteiger partial charge in [-0.05, 0) is 24.6 Å². The van der Waals surface area contributed by atoms with Gasteiger partial charge in [-0.3, -0.25) is 4.68 Å². The molecule has 1 N–H and O–H groups in total. The number of nitrogens with one attached hydrogen (secondary N) is 1. The third-order valence-electron chi connectivity index (χ3n) is 2.16. The molecule has 84 valence electrons. The van der Waals surface area contributed by atoms with Gasteiger partial charge in [-0.2, -0.15) is 5.10 Å². The number of rotatable bonds is 4. The van der Waals surface area contributed by atoms with Crippen LogP contribution in [0.2, 0.25) is 5.15 Å². The van der Waals surface area contributed by atoms with Crippen LogP contribution in [0.3, 0.4) is 0 Å². The first-order valence-corrected chi connectivity index (χ1v) is 5.46. The van der Waals surface area contributed by atoms with E-state index in [2.05, 4.69) is 15.4 Å². The quantitative estimate of drug-likeness (QED) is 0.829. The first-order valence-electron chi connectivity index (χ1n) is 5.08. The Morgan fingerprint density at radius 1 is 1.50 bits per heavy atom. The van der Waals surface area contributed by atoms with E-state index in [1.165, 1.54) is 5.56 Å². The molecule has 0 bridgehead atoms. The lowest BCUT2D eigenvalue weighted by Gasteiger charge is -2.06. The molecule has 2 rings (SSSR count). The first-order chi connectivity index (χ1) is 7.74. The fourth-order valence-electron chi connectivity index (χ4n) is 1.42. The molecule has 5 heteroatoms. The van der Waals surface area contributed by atoms with Gasteiger partial charge in [-0.1, -0.05) is 11.6 Å². The van der Waals surface area contributed by atoms with Gasteiger partial charge < -0.3 is 5.32 Å². The van der Waals surface area contributed by atoms with E-state index in [1.807, 2.05) is 30.1 Å². The highest BCUT2D eigenvalue weighted by molar-refractivity contribution is 6.29. The van der Waals surface area contributed by atoms with Gasteiger partial charge in [0.05, 0.1) is 12.7 Å². The van der Waals surface area contributed by atoms with Crippen LogP contribution < -0.4 is 5.32 Å². The molecule has 0 aliphatic carbocycles. The SMILES string of the molecule is Cc1cnn(CCNc2ccnc(Cl)c2)c1. The second-order valence-electron chi connectivity index (χ2n) is 3.57. The van der Waals surface area contributed by atoms with E-state index in [1.54, 1.807) is 12.3 Å². The molecule has 0 aromatic carbocycles. The summed E-state index contributed by atoms with van der Waals surface area (Å²) in [5, 5.41) is 7.96. The van der Waals surface area contributed by atoms with Crippen LogP contribution >= 0.6 is 11.6 Å². The Labute approximate surface area is 99.3 Å². The summed E-state index contributed by atoms with van der Waals surface area (Å²) >= 11 is 5.78. The Bertz CT molecular complexity index is 467. The molecular formula is C11H13ClN4. The normalized spacial score (nSPS) is 10.4. The van der Waals surface area contributed by atoms with Crippen LogP contribution in [0, 0.1) is 6.92 Å². The van der Waals surface area contributed by atoms with Crippen molar-refractivity contribution in [2.75, 3.05) is 11.9 Å². The number of halogens is 1. The molecular weight excluding hydrogens is 224 g/mol. The standard InChI is InChI=1S/C11H13ClN4/c1-9-7-15-16(8-9)5-4-13-10-2-3-14-11(12)6-10/h2-3,6-8H,4-5H2,1H3,(H,13,14). The number of aryl methyl sites for hydroxylation is 1. The van der Waals surface area contributed by atoms with Crippen LogP contribution in [-0.4, -0.2) is 21.3 Å². The molecule has 0 radical (unpaired) electrons. The Hall–Kier alpha value is -1.55. The molecule has 0 spiro atoms. The highest BCUT2D eigenvalue weighted by atomic mass is 35.5. The van der Waals surface area contributed by atoms with Crippen molar-refractivity contribution in [3.05, 3.63) is 41.4 Å². The van der Waals surface area contributed by atoms with Crippen molar-refractivity contribution in [1.82, 2.24) is 14.8 Å². The lowest BCUT2D eigenvalue weighted by atomic mass is 10.4. The van der Waals surface area contributed by atoms with Crippen molar-refractivity contribution in [1.29, 1.82) is 0 Å². The van der Waals surface area contributed by atoms with Gasteiger partial charge in [0, 0.05) is 24.6 Å². The Kier molecular flexibility index (Phi) is 3.41. The first kappa shape index (κ1) is 11.0. The second kappa shape index (κ2) is 4.99. The zero-order chi connectivity index (χ0) is 11.4. The summed E-state index contributed by atoms with van der Waals surface area (Å²) in [6.07, 6.45) is 5.55. The smallest absolute Gasteiger partial charge is 0.131 e. The van der Waals surface area contributed by atoms with Crippen LogP contribution in [0.15, 0.2) is 30.7 Å². The Balaban J connectivity index is 1.84. The lowest BCUT2D eigenvalue weighted by Crippen LogP contribution is -2.10. The van der Waals surface area contributed by atoms with Gasteiger partial charge in [0.1, 0.15) is 5.15 Å². The number of anilines is 1. The molecule has 16 heavy (non-hydrogen) atoms. The van der Waals surface area contributed by atoms with Crippen LogP contribution in [0.25, 0.3) is 0 Å². The molecule has 4 nitrogen and oxygen atoms in total. The fourth-order valence-corrected chi connectivity index (χ4v) is 1.59. The van der Waals surface area contributed by atoms with E-state index >= 15 is 0 Å². The highest BCUT2D eigenvalue weighted by Crippen LogP contribution is 2.11. The van der Waals surface area contributed by atoms with Crippen LogP contribution in [-0.2, 0) is 6.54 Å². The Morgan fingerprint density at radius 2 is 2.38 bits per heavy atom. The molecule has 2 heterocycles. The summed E-state index contributed by atoms with van der Waals surface area (Å²) in [6, 6.07) is 3.69. The van der Waals surface area contributed by atoms with E-state index in [-0.39, 0.29) is 0 Å². The van der Waals surface area contributed by atoms with E-state index in [0.717, 1.165) is 18.8 Å². The van der Waals surface area contributed by atoms with E-state index in [9.17, 15) is 0 Å². The lowest BCUT2D eigenvalue weighted by molar-refractivity contribution is 0.637. The third-order valence-corrected chi connectivity index (χ3v) is 2.37. The predicted molar refractivity (Wildman–Crippen MR) is 64.7 cm³/mol. The van der Waals surface area contributed by atoms with Gasteiger partial charge in [0.25, 0.3) is 0 Å². The van der Waals surface area contributed by atoms with E-state index in [0.29, 0.717) is 5.15 Å². The maximum Gasteiger partial charge on any atom is 0.131 e. The van der Waals surface area contributed by atoms with Gasteiger partial charge in [0.15, 0.2) is 0 Å². The maximum atomic E-state index is 5.78. The van der Waals surface area contributed by atoms with Crippen molar-refractivity contribution < 1.29 is 0 Å². The average Bonchev–Trinajstić information content (AvgIpc) is 2.64. The van der Waals surface area contributed by atoms with Gasteiger partial charge >= 0.3 is 0 Å². The molecule has 0 unspecified atom stereocenters. The summed E-state index contributed by atoms with van der Waals surface area (Å²) < 4.78 is 1.91. The Morgan fingerprint density at radius 3 is 3.06 bits per heavy atom. The minimum Gasteiger partial charge on any atom is -0.383 e. The predicted octanol–water partition coefficient (Wildman–Crippen LogP) is 2.35. The second-order valence-corrected chi connectivity index (χ2v) is 3.96.